The van der Waals surface area contributed by atoms with Crippen molar-refractivity contribution in [2.24, 2.45) is 0 Å². The zero-order valence-corrected chi connectivity index (χ0v) is 11.3. The van der Waals surface area contributed by atoms with E-state index < -0.39 is 10.0 Å². The van der Waals surface area contributed by atoms with E-state index in [2.05, 4.69) is 14.7 Å². The number of aryl methyl sites for hydroxylation is 2. The lowest BCUT2D eigenvalue weighted by atomic mass is 10.2. The second kappa shape index (κ2) is 4.85. The van der Waals surface area contributed by atoms with Gasteiger partial charge in [-0.25, -0.2) is 18.1 Å². The molecule has 0 radical (unpaired) electrons. The van der Waals surface area contributed by atoms with Gasteiger partial charge in [-0.15, -0.1) is 0 Å². The highest BCUT2D eigenvalue weighted by atomic mass is 32.2. The summed E-state index contributed by atoms with van der Waals surface area (Å²) in [6.07, 6.45) is 1.31. The van der Waals surface area contributed by atoms with Crippen LogP contribution in [0.3, 0.4) is 0 Å². The summed E-state index contributed by atoms with van der Waals surface area (Å²) in [6.45, 7) is 3.45. The molecule has 0 spiro atoms. The van der Waals surface area contributed by atoms with Gasteiger partial charge in [-0.2, -0.15) is 0 Å². The summed E-state index contributed by atoms with van der Waals surface area (Å²) in [7, 11) is -3.74. The monoisotopic (exact) mass is 279 g/mol. The highest BCUT2D eigenvalue weighted by molar-refractivity contribution is 7.92. The van der Waals surface area contributed by atoms with Gasteiger partial charge in [-0.3, -0.25) is 9.78 Å². The van der Waals surface area contributed by atoms with Crippen LogP contribution in [0.5, 0.6) is 0 Å². The fourth-order valence-corrected chi connectivity index (χ4v) is 2.38. The average molecular weight is 279 g/mol. The fourth-order valence-electron chi connectivity index (χ4n) is 1.41. The van der Waals surface area contributed by atoms with Crippen LogP contribution in [0.25, 0.3) is 0 Å². The molecule has 1 aromatic heterocycles. The molecule has 100 valence electrons. The van der Waals surface area contributed by atoms with Crippen molar-refractivity contribution in [3.8, 4) is 0 Å². The maximum atomic E-state index is 12.0. The first kappa shape index (κ1) is 13.3. The number of sulfonamides is 1. The van der Waals surface area contributed by atoms with Crippen LogP contribution >= 0.6 is 0 Å². The summed E-state index contributed by atoms with van der Waals surface area (Å²) in [5.41, 5.74) is 0.996. The minimum absolute atomic E-state index is 0.101. The topological polar surface area (TPSA) is 91.9 Å². The molecule has 0 fully saturated rings. The second-order valence-electron chi connectivity index (χ2n) is 4.16. The van der Waals surface area contributed by atoms with E-state index in [1.165, 1.54) is 18.3 Å². The van der Waals surface area contributed by atoms with Crippen LogP contribution in [0.1, 0.15) is 11.1 Å². The first-order chi connectivity index (χ1) is 8.88. The number of rotatable bonds is 3. The lowest BCUT2D eigenvalue weighted by Crippen LogP contribution is -2.19. The third-order valence-corrected chi connectivity index (χ3v) is 3.89. The average Bonchev–Trinajstić information content (AvgIpc) is 2.34. The maximum Gasteiger partial charge on any atom is 0.264 e. The van der Waals surface area contributed by atoms with Gasteiger partial charge >= 0.3 is 0 Å². The van der Waals surface area contributed by atoms with Crippen LogP contribution in [0.2, 0.25) is 0 Å². The Hall–Kier alpha value is -2.15. The number of benzene rings is 1. The third-order valence-electron chi connectivity index (χ3n) is 2.54. The van der Waals surface area contributed by atoms with Crippen molar-refractivity contribution in [3.05, 3.63) is 51.9 Å². The molecule has 0 aliphatic heterocycles. The quantitative estimate of drug-likeness (QED) is 0.882. The highest BCUT2D eigenvalue weighted by Crippen LogP contribution is 2.13. The summed E-state index contributed by atoms with van der Waals surface area (Å²) in [4.78, 5) is 17.7. The number of nitrogens with zero attached hydrogens (tertiary/aromatic N) is 1. The van der Waals surface area contributed by atoms with Gasteiger partial charge in [0.1, 0.15) is 0 Å². The molecule has 19 heavy (non-hydrogen) atoms. The van der Waals surface area contributed by atoms with Gasteiger partial charge in [0, 0.05) is 11.8 Å². The minimum Gasteiger partial charge on any atom is -0.292 e. The van der Waals surface area contributed by atoms with E-state index in [0.29, 0.717) is 5.56 Å². The molecule has 2 N–H and O–H groups in total. The maximum absolute atomic E-state index is 12.0. The predicted molar refractivity (Wildman–Crippen MR) is 71.6 cm³/mol. The van der Waals surface area contributed by atoms with Gasteiger partial charge in [0.2, 0.25) is 5.95 Å². The zero-order valence-electron chi connectivity index (χ0n) is 10.5. The zero-order chi connectivity index (χ0) is 14.0. The van der Waals surface area contributed by atoms with E-state index in [9.17, 15) is 13.2 Å². The number of aromatic amines is 1. The molecule has 7 heteroatoms. The highest BCUT2D eigenvalue weighted by Gasteiger charge is 2.15. The molecule has 0 atom stereocenters. The molecule has 0 unspecified atom stereocenters. The number of hydrogen-bond donors (Lipinski definition) is 2. The standard InChI is InChI=1S/C12H13N3O3S/c1-8-3-5-10(6-4-8)19(17,18)15-12-13-7-9(2)11(16)14-12/h3-7H,1-2H3,(H2,13,14,15,16). The summed E-state index contributed by atoms with van der Waals surface area (Å²) in [5.74, 6) is -0.101. The molecule has 2 rings (SSSR count). The summed E-state index contributed by atoms with van der Waals surface area (Å²) in [6, 6.07) is 6.37. The van der Waals surface area contributed by atoms with Crippen LogP contribution in [0.4, 0.5) is 5.95 Å². The molecular weight excluding hydrogens is 266 g/mol. The Labute approximate surface area is 110 Å². The molecule has 1 aromatic carbocycles. The number of aromatic nitrogens is 2. The van der Waals surface area contributed by atoms with Crippen molar-refractivity contribution in [1.29, 1.82) is 0 Å². The van der Waals surface area contributed by atoms with Crippen molar-refractivity contribution in [2.75, 3.05) is 4.72 Å². The fraction of sp³-hybridized carbons (Fsp3) is 0.167. The van der Waals surface area contributed by atoms with Gasteiger partial charge in [0.15, 0.2) is 0 Å². The van der Waals surface area contributed by atoms with Gasteiger partial charge in [-0.1, -0.05) is 17.7 Å². The van der Waals surface area contributed by atoms with Crippen molar-refractivity contribution >= 4 is 16.0 Å². The van der Waals surface area contributed by atoms with Gasteiger partial charge in [-0.05, 0) is 26.0 Å². The summed E-state index contributed by atoms with van der Waals surface area (Å²) >= 11 is 0. The van der Waals surface area contributed by atoms with Crippen molar-refractivity contribution in [3.63, 3.8) is 0 Å². The Morgan fingerprint density at radius 3 is 2.37 bits per heavy atom. The van der Waals surface area contributed by atoms with Crippen LogP contribution in [-0.2, 0) is 10.0 Å². The van der Waals surface area contributed by atoms with Crippen LogP contribution in [-0.4, -0.2) is 18.4 Å². The molecule has 1 heterocycles. The lowest BCUT2D eigenvalue weighted by Gasteiger charge is -2.07. The Morgan fingerprint density at radius 2 is 1.79 bits per heavy atom. The van der Waals surface area contributed by atoms with Crippen molar-refractivity contribution in [1.82, 2.24) is 9.97 Å². The van der Waals surface area contributed by atoms with Crippen LogP contribution < -0.4 is 10.3 Å². The number of H-pyrrole nitrogens is 1. The second-order valence-corrected chi connectivity index (χ2v) is 5.84. The molecule has 6 nitrogen and oxygen atoms in total. The largest absolute Gasteiger partial charge is 0.292 e. The first-order valence-corrected chi connectivity index (χ1v) is 7.02. The Morgan fingerprint density at radius 1 is 1.16 bits per heavy atom. The molecule has 0 saturated carbocycles. The molecule has 2 aromatic rings. The molecule has 0 aliphatic rings. The van der Waals surface area contributed by atoms with E-state index in [4.69, 9.17) is 0 Å². The minimum atomic E-state index is -3.74. The molecule has 0 amide bonds. The number of anilines is 1. The Kier molecular flexibility index (Phi) is 3.39. The van der Waals surface area contributed by atoms with E-state index in [-0.39, 0.29) is 16.4 Å². The molecule has 0 aliphatic carbocycles. The Bertz CT molecular complexity index is 749. The van der Waals surface area contributed by atoms with Crippen LogP contribution in [0, 0.1) is 13.8 Å². The first-order valence-electron chi connectivity index (χ1n) is 5.54. The lowest BCUT2D eigenvalue weighted by molar-refractivity contribution is 0.600. The predicted octanol–water partition coefficient (Wildman–Crippen LogP) is 1.19. The molecular formula is C12H13N3O3S. The number of hydrogen-bond acceptors (Lipinski definition) is 4. The Balaban J connectivity index is 2.33. The van der Waals surface area contributed by atoms with Gasteiger partial charge in [0.05, 0.1) is 4.90 Å². The van der Waals surface area contributed by atoms with E-state index >= 15 is 0 Å². The van der Waals surface area contributed by atoms with Gasteiger partial charge in [0.25, 0.3) is 15.6 Å². The van der Waals surface area contributed by atoms with E-state index in [1.54, 1.807) is 19.1 Å². The van der Waals surface area contributed by atoms with Gasteiger partial charge < -0.3 is 0 Å². The van der Waals surface area contributed by atoms with E-state index in [0.717, 1.165) is 5.56 Å². The smallest absolute Gasteiger partial charge is 0.264 e. The van der Waals surface area contributed by atoms with Crippen molar-refractivity contribution in [2.45, 2.75) is 18.7 Å². The number of nitrogens with one attached hydrogen (secondary N) is 2. The molecule has 0 saturated heterocycles. The SMILES string of the molecule is Cc1ccc(S(=O)(=O)Nc2ncc(C)c(=O)[nH]2)cc1. The molecule has 0 bridgehead atoms. The van der Waals surface area contributed by atoms with Crippen LogP contribution in [0.15, 0.2) is 40.2 Å². The van der Waals surface area contributed by atoms with E-state index in [1.807, 2.05) is 6.92 Å². The summed E-state index contributed by atoms with van der Waals surface area (Å²) in [5, 5.41) is 0. The normalized spacial score (nSPS) is 11.3. The van der Waals surface area contributed by atoms with Crippen molar-refractivity contribution < 1.29 is 8.42 Å². The third kappa shape index (κ3) is 3.00. The summed E-state index contributed by atoms with van der Waals surface area (Å²) < 4.78 is 26.3.